The van der Waals surface area contributed by atoms with Gasteiger partial charge in [0, 0.05) is 18.4 Å². The first-order valence-corrected chi connectivity index (χ1v) is 14.8. The molecule has 1 N–H and O–H groups in total. The molecule has 0 bridgehead atoms. The number of sulfone groups is 1. The van der Waals surface area contributed by atoms with Crippen molar-refractivity contribution in [3.63, 3.8) is 0 Å². The number of fused-ring (bicyclic) bond motifs is 5. The van der Waals surface area contributed by atoms with Crippen LogP contribution in [-0.2, 0) is 21.2 Å². The summed E-state index contributed by atoms with van der Waals surface area (Å²) < 4.78 is 25.1. The summed E-state index contributed by atoms with van der Waals surface area (Å²) in [5.74, 6) is 4.19. The minimum absolute atomic E-state index is 0.0224. The van der Waals surface area contributed by atoms with Gasteiger partial charge in [-0.1, -0.05) is 13.8 Å². The zero-order valence-electron chi connectivity index (χ0n) is 20.5. The number of hydrogen-bond donors (Lipinski definition) is 1. The van der Waals surface area contributed by atoms with Crippen LogP contribution in [0.1, 0.15) is 72.1 Å². The maximum atomic E-state index is 13.5. The largest absolute Gasteiger partial charge is 0.390 e. The Morgan fingerprint density at radius 2 is 1.88 bits per heavy atom. The third-order valence-electron chi connectivity index (χ3n) is 10.3. The number of Topliss-reactive ketones (excluding diaryl/α,β-unsaturated/α-hetero) is 1. The van der Waals surface area contributed by atoms with E-state index in [9.17, 15) is 18.3 Å². The Kier molecular flexibility index (Phi) is 5.64. The van der Waals surface area contributed by atoms with Crippen molar-refractivity contribution in [3.05, 3.63) is 12.4 Å². The van der Waals surface area contributed by atoms with E-state index in [1.165, 1.54) is 42.6 Å². The van der Waals surface area contributed by atoms with Gasteiger partial charge in [0.1, 0.15) is 4.90 Å². The zero-order chi connectivity index (χ0) is 23.8. The number of rotatable bonds is 4. The van der Waals surface area contributed by atoms with E-state index in [-0.39, 0.29) is 28.6 Å². The van der Waals surface area contributed by atoms with Crippen molar-refractivity contribution < 1.29 is 18.3 Å². The molecule has 0 saturated heterocycles. The van der Waals surface area contributed by atoms with E-state index in [2.05, 4.69) is 18.9 Å². The average molecular weight is 477 g/mol. The Balaban J connectivity index is 1.33. The molecule has 33 heavy (non-hydrogen) atoms. The fourth-order valence-electron chi connectivity index (χ4n) is 9.01. The maximum absolute atomic E-state index is 13.5. The van der Waals surface area contributed by atoms with Gasteiger partial charge in [-0.15, -0.1) is 0 Å². The Bertz CT molecular complexity index is 1030. The van der Waals surface area contributed by atoms with Gasteiger partial charge in [0.25, 0.3) is 0 Å². The summed E-state index contributed by atoms with van der Waals surface area (Å²) in [6.45, 7) is 6.89. The fraction of sp³-hybridized carbons (Fsp3) is 0.846. The lowest BCUT2D eigenvalue weighted by Crippen LogP contribution is -2.51. The normalized spacial score (nSPS) is 45.2. The van der Waals surface area contributed by atoms with Crippen molar-refractivity contribution in [1.29, 1.82) is 0 Å². The van der Waals surface area contributed by atoms with Crippen LogP contribution >= 0.6 is 0 Å². The molecule has 7 heteroatoms. The molecule has 0 unspecified atom stereocenters. The first-order chi connectivity index (χ1) is 15.4. The van der Waals surface area contributed by atoms with Gasteiger partial charge in [-0.25, -0.2) is 8.42 Å². The summed E-state index contributed by atoms with van der Waals surface area (Å²) in [6, 6.07) is 0. The van der Waals surface area contributed by atoms with Crippen LogP contribution in [0.25, 0.3) is 0 Å². The number of aromatic nitrogens is 2. The predicted octanol–water partition coefficient (Wildman–Crippen LogP) is 4.12. The van der Waals surface area contributed by atoms with Crippen LogP contribution in [0, 0.1) is 46.8 Å². The van der Waals surface area contributed by atoms with Crippen LogP contribution in [0.15, 0.2) is 17.3 Å². The molecular weight excluding hydrogens is 436 g/mol. The lowest BCUT2D eigenvalue weighted by molar-refractivity contribution is -0.133. The van der Waals surface area contributed by atoms with Crippen LogP contribution < -0.4 is 0 Å². The standard InChI is InChI=1S/C26H40N2O4S/c1-16-11-22(23(29)15-28-14-18(13-27-28)33(4,31)32)26(3)10-8-20-19-7-9-25(2,30)12-17(19)5-6-21(20)24(16)26/h13-14,16-17,19-22,24,30H,5-12,15H2,1-4H3/t16-,17-,19+,20-,21-,22-,24+,25-,26-/m1/s1. The van der Waals surface area contributed by atoms with Gasteiger partial charge in [0.15, 0.2) is 15.6 Å². The number of ketones is 1. The number of nitrogens with zero attached hydrogens (tertiary/aromatic N) is 2. The van der Waals surface area contributed by atoms with Gasteiger partial charge in [-0.3, -0.25) is 9.48 Å². The number of carbonyl (C=O) groups excluding carboxylic acids is 1. The van der Waals surface area contributed by atoms with Crippen molar-refractivity contribution in [1.82, 2.24) is 9.78 Å². The van der Waals surface area contributed by atoms with Crippen LogP contribution in [0.5, 0.6) is 0 Å². The molecule has 1 aromatic rings. The Morgan fingerprint density at radius 3 is 2.58 bits per heavy atom. The molecular formula is C26H40N2O4S. The van der Waals surface area contributed by atoms with Crippen LogP contribution in [-0.4, -0.2) is 40.9 Å². The molecule has 0 aromatic carbocycles. The van der Waals surface area contributed by atoms with E-state index in [4.69, 9.17) is 0 Å². The highest BCUT2D eigenvalue weighted by Crippen LogP contribution is 2.66. The summed E-state index contributed by atoms with van der Waals surface area (Å²) in [5.41, 5.74) is -0.462. The smallest absolute Gasteiger partial charge is 0.178 e. The molecule has 0 radical (unpaired) electrons. The molecule has 0 aliphatic heterocycles. The summed E-state index contributed by atoms with van der Waals surface area (Å²) >= 11 is 0. The third kappa shape index (κ3) is 4.01. The average Bonchev–Trinajstić information content (AvgIpc) is 3.29. The molecule has 4 aliphatic carbocycles. The molecule has 0 amide bonds. The van der Waals surface area contributed by atoms with E-state index in [1.54, 1.807) is 0 Å². The predicted molar refractivity (Wildman–Crippen MR) is 126 cm³/mol. The Labute approximate surface area is 198 Å². The van der Waals surface area contributed by atoms with Gasteiger partial charge in [0.2, 0.25) is 0 Å². The van der Waals surface area contributed by atoms with Crippen LogP contribution in [0.2, 0.25) is 0 Å². The highest BCUT2D eigenvalue weighted by Gasteiger charge is 2.61. The topological polar surface area (TPSA) is 89.3 Å². The Morgan fingerprint density at radius 1 is 1.15 bits per heavy atom. The second kappa shape index (κ2) is 7.91. The Hall–Kier alpha value is -1.21. The number of carbonyl (C=O) groups is 1. The van der Waals surface area contributed by atoms with Gasteiger partial charge < -0.3 is 5.11 Å². The molecule has 4 saturated carbocycles. The van der Waals surface area contributed by atoms with Crippen molar-refractivity contribution in [2.24, 2.45) is 46.8 Å². The molecule has 4 aliphatic rings. The van der Waals surface area contributed by atoms with Crippen LogP contribution in [0.3, 0.4) is 0 Å². The first kappa shape index (κ1) is 23.5. The van der Waals surface area contributed by atoms with E-state index < -0.39 is 15.4 Å². The highest BCUT2D eigenvalue weighted by molar-refractivity contribution is 7.90. The summed E-state index contributed by atoms with van der Waals surface area (Å²) in [4.78, 5) is 13.7. The quantitative estimate of drug-likeness (QED) is 0.706. The molecule has 1 aromatic heterocycles. The van der Waals surface area contributed by atoms with Gasteiger partial charge in [-0.2, -0.15) is 5.10 Å². The number of aliphatic hydroxyl groups is 1. The zero-order valence-corrected chi connectivity index (χ0v) is 21.4. The summed E-state index contributed by atoms with van der Waals surface area (Å²) in [6.07, 6.45) is 12.7. The number of hydrogen-bond acceptors (Lipinski definition) is 5. The lowest BCUT2D eigenvalue weighted by Gasteiger charge is -2.57. The van der Waals surface area contributed by atoms with E-state index >= 15 is 0 Å². The molecule has 5 rings (SSSR count). The SMILES string of the molecule is C[C@@H]1C[C@H](C(=O)Cn2cc(S(C)(=O)=O)cn2)[C@@]2(C)CC[C@H]3[C@@H](CC[C@@H]4C[C@](C)(O)CC[C@@H]43)[C@H]12. The molecule has 0 spiro atoms. The van der Waals surface area contributed by atoms with Gasteiger partial charge in [-0.05, 0) is 99.2 Å². The van der Waals surface area contributed by atoms with E-state index in [0.717, 1.165) is 43.9 Å². The van der Waals surface area contributed by atoms with Crippen molar-refractivity contribution in [2.75, 3.05) is 6.26 Å². The molecule has 4 fully saturated rings. The minimum atomic E-state index is -3.32. The van der Waals surface area contributed by atoms with Crippen LogP contribution in [0.4, 0.5) is 0 Å². The third-order valence-corrected chi connectivity index (χ3v) is 11.4. The highest BCUT2D eigenvalue weighted by atomic mass is 32.2. The second-order valence-electron chi connectivity index (χ2n) is 12.5. The molecule has 1 heterocycles. The van der Waals surface area contributed by atoms with E-state index in [1.807, 2.05) is 6.92 Å². The summed E-state index contributed by atoms with van der Waals surface area (Å²) in [5, 5.41) is 14.8. The molecule has 6 nitrogen and oxygen atoms in total. The van der Waals surface area contributed by atoms with Crippen molar-refractivity contribution in [2.45, 2.75) is 89.2 Å². The molecule has 184 valence electrons. The minimum Gasteiger partial charge on any atom is -0.390 e. The van der Waals surface area contributed by atoms with E-state index in [0.29, 0.717) is 23.7 Å². The van der Waals surface area contributed by atoms with Gasteiger partial charge in [0.05, 0.1) is 18.3 Å². The maximum Gasteiger partial charge on any atom is 0.178 e. The monoisotopic (exact) mass is 476 g/mol. The fourth-order valence-corrected chi connectivity index (χ4v) is 9.57. The second-order valence-corrected chi connectivity index (χ2v) is 14.5. The lowest BCUT2D eigenvalue weighted by atomic mass is 9.48. The van der Waals surface area contributed by atoms with Crippen molar-refractivity contribution in [3.8, 4) is 0 Å². The van der Waals surface area contributed by atoms with Crippen molar-refractivity contribution >= 4 is 15.6 Å². The summed E-state index contributed by atoms with van der Waals surface area (Å²) in [7, 11) is -3.32. The van der Waals surface area contributed by atoms with Gasteiger partial charge >= 0.3 is 0 Å². The first-order valence-electron chi connectivity index (χ1n) is 12.9. The molecule has 9 atom stereocenters.